The molecule has 188 valence electrons. The molecule has 0 aliphatic carbocycles. The zero-order valence-electron chi connectivity index (χ0n) is 21.8. The monoisotopic (exact) mass is 511 g/mol. The fourth-order valence-corrected chi connectivity index (χ4v) is 5.87. The minimum absolute atomic E-state index is 0.927. The van der Waals surface area contributed by atoms with Gasteiger partial charge in [-0.25, -0.2) is 0 Å². The molecular formula is C38H25NO. The fourth-order valence-electron chi connectivity index (χ4n) is 5.87. The van der Waals surface area contributed by atoms with Crippen LogP contribution in [0.15, 0.2) is 156 Å². The lowest BCUT2D eigenvalue weighted by Crippen LogP contribution is -2.09. The van der Waals surface area contributed by atoms with E-state index in [1.54, 1.807) is 0 Å². The first kappa shape index (κ1) is 22.6. The van der Waals surface area contributed by atoms with Crippen molar-refractivity contribution in [1.82, 2.24) is 0 Å². The van der Waals surface area contributed by atoms with E-state index in [-0.39, 0.29) is 0 Å². The van der Waals surface area contributed by atoms with Gasteiger partial charge in [0.15, 0.2) is 0 Å². The van der Waals surface area contributed by atoms with Gasteiger partial charge in [-0.3, -0.25) is 0 Å². The van der Waals surface area contributed by atoms with E-state index >= 15 is 0 Å². The minimum atomic E-state index is 0.927. The van der Waals surface area contributed by atoms with E-state index in [0.717, 1.165) is 39.0 Å². The van der Waals surface area contributed by atoms with Crippen LogP contribution in [-0.4, -0.2) is 0 Å². The third kappa shape index (κ3) is 3.73. The molecule has 2 heteroatoms. The predicted molar refractivity (Wildman–Crippen MR) is 169 cm³/mol. The average molecular weight is 512 g/mol. The molecule has 0 N–H and O–H groups in total. The van der Waals surface area contributed by atoms with Gasteiger partial charge in [0.05, 0.1) is 0 Å². The Kier molecular flexibility index (Phi) is 5.17. The maximum atomic E-state index is 6.15. The van der Waals surface area contributed by atoms with Gasteiger partial charge >= 0.3 is 0 Å². The van der Waals surface area contributed by atoms with Gasteiger partial charge in [0.1, 0.15) is 11.2 Å². The standard InChI is InChI=1S/C38H25NO/c1-3-9-26(10-4-1)27-17-19-31(20-18-27)39(30-11-5-2-6-12-30)32-21-22-33-28(23-32)15-16-29-24-38-36(25-35(29)33)34-13-7-8-14-37(34)40-38/h1-25H. The molecule has 8 rings (SSSR count). The molecule has 1 aromatic heterocycles. The van der Waals surface area contributed by atoms with Gasteiger partial charge in [-0.15, -0.1) is 0 Å². The molecule has 0 spiro atoms. The van der Waals surface area contributed by atoms with Crippen LogP contribution < -0.4 is 4.90 Å². The topological polar surface area (TPSA) is 16.4 Å². The van der Waals surface area contributed by atoms with Crippen LogP contribution in [0.2, 0.25) is 0 Å². The highest BCUT2D eigenvalue weighted by Crippen LogP contribution is 2.39. The molecule has 0 fully saturated rings. The molecule has 0 aliphatic rings. The summed E-state index contributed by atoms with van der Waals surface area (Å²) in [5.41, 5.74) is 7.66. The van der Waals surface area contributed by atoms with Gasteiger partial charge < -0.3 is 9.32 Å². The largest absolute Gasteiger partial charge is 0.456 e. The molecule has 2 nitrogen and oxygen atoms in total. The Balaban J connectivity index is 1.27. The van der Waals surface area contributed by atoms with Gasteiger partial charge in [-0.05, 0) is 87.3 Å². The number of benzene rings is 7. The summed E-state index contributed by atoms with van der Waals surface area (Å²) in [7, 11) is 0. The Bertz CT molecular complexity index is 2140. The summed E-state index contributed by atoms with van der Waals surface area (Å²) in [6.07, 6.45) is 0. The summed E-state index contributed by atoms with van der Waals surface area (Å²) >= 11 is 0. The number of anilines is 3. The van der Waals surface area contributed by atoms with Crippen LogP contribution in [0.5, 0.6) is 0 Å². The van der Waals surface area contributed by atoms with Crippen molar-refractivity contribution in [3.05, 3.63) is 152 Å². The Hall–Kier alpha value is -5.34. The zero-order chi connectivity index (χ0) is 26.5. The van der Waals surface area contributed by atoms with Crippen molar-refractivity contribution in [2.45, 2.75) is 0 Å². The van der Waals surface area contributed by atoms with E-state index in [0.29, 0.717) is 0 Å². The van der Waals surface area contributed by atoms with Crippen LogP contribution in [0, 0.1) is 0 Å². The molecule has 0 atom stereocenters. The van der Waals surface area contributed by atoms with E-state index < -0.39 is 0 Å². The molecule has 0 amide bonds. The normalized spacial score (nSPS) is 11.5. The highest BCUT2D eigenvalue weighted by molar-refractivity contribution is 6.16. The fraction of sp³-hybridized carbons (Fsp3) is 0. The lowest BCUT2D eigenvalue weighted by atomic mass is 9.99. The van der Waals surface area contributed by atoms with Gasteiger partial charge in [0.2, 0.25) is 0 Å². The average Bonchev–Trinajstić information content (AvgIpc) is 3.39. The lowest BCUT2D eigenvalue weighted by molar-refractivity contribution is 0.669. The summed E-state index contributed by atoms with van der Waals surface area (Å²) in [6, 6.07) is 53.9. The third-order valence-corrected chi connectivity index (χ3v) is 7.82. The highest BCUT2D eigenvalue weighted by atomic mass is 16.3. The van der Waals surface area contributed by atoms with Crippen LogP contribution in [-0.2, 0) is 0 Å². The highest BCUT2D eigenvalue weighted by Gasteiger charge is 2.15. The van der Waals surface area contributed by atoms with Crippen molar-refractivity contribution in [2.75, 3.05) is 4.90 Å². The number of hydrogen-bond acceptors (Lipinski definition) is 2. The van der Waals surface area contributed by atoms with E-state index in [1.807, 2.05) is 12.1 Å². The molecule has 0 radical (unpaired) electrons. The Morgan fingerprint density at radius 3 is 1.77 bits per heavy atom. The van der Waals surface area contributed by atoms with Crippen molar-refractivity contribution in [1.29, 1.82) is 0 Å². The Morgan fingerprint density at radius 1 is 0.350 bits per heavy atom. The van der Waals surface area contributed by atoms with E-state index in [1.165, 1.54) is 32.7 Å². The van der Waals surface area contributed by atoms with Crippen LogP contribution in [0.1, 0.15) is 0 Å². The third-order valence-electron chi connectivity index (χ3n) is 7.82. The number of rotatable bonds is 4. The summed E-state index contributed by atoms with van der Waals surface area (Å²) in [5.74, 6) is 0. The Morgan fingerprint density at radius 2 is 0.975 bits per heavy atom. The van der Waals surface area contributed by atoms with E-state index in [2.05, 4.69) is 144 Å². The molecule has 0 saturated heterocycles. The van der Waals surface area contributed by atoms with Gasteiger partial charge in [0.25, 0.3) is 0 Å². The van der Waals surface area contributed by atoms with Gasteiger partial charge in [-0.1, -0.05) is 97.1 Å². The van der Waals surface area contributed by atoms with Crippen molar-refractivity contribution in [3.8, 4) is 11.1 Å². The molecule has 40 heavy (non-hydrogen) atoms. The van der Waals surface area contributed by atoms with Crippen LogP contribution in [0.3, 0.4) is 0 Å². The number of para-hydroxylation sites is 2. The van der Waals surface area contributed by atoms with Crippen molar-refractivity contribution in [3.63, 3.8) is 0 Å². The smallest absolute Gasteiger partial charge is 0.136 e. The number of nitrogens with zero attached hydrogens (tertiary/aromatic N) is 1. The molecule has 0 unspecified atom stereocenters. The van der Waals surface area contributed by atoms with Crippen molar-refractivity contribution in [2.24, 2.45) is 0 Å². The molecule has 0 saturated carbocycles. The first-order chi connectivity index (χ1) is 19.8. The summed E-state index contributed by atoms with van der Waals surface area (Å²) in [5, 5.41) is 7.18. The molecule has 8 aromatic rings. The second-order valence-electron chi connectivity index (χ2n) is 10.2. The maximum Gasteiger partial charge on any atom is 0.136 e. The van der Waals surface area contributed by atoms with E-state index in [4.69, 9.17) is 4.42 Å². The minimum Gasteiger partial charge on any atom is -0.456 e. The van der Waals surface area contributed by atoms with Gasteiger partial charge in [0, 0.05) is 27.8 Å². The molecule has 7 aromatic carbocycles. The zero-order valence-corrected chi connectivity index (χ0v) is 21.8. The predicted octanol–water partition coefficient (Wildman–Crippen LogP) is 11.0. The first-order valence-corrected chi connectivity index (χ1v) is 13.6. The number of hydrogen-bond donors (Lipinski definition) is 0. The Labute approximate surface area is 232 Å². The molecule has 0 aliphatic heterocycles. The van der Waals surface area contributed by atoms with Crippen molar-refractivity contribution < 1.29 is 4.42 Å². The molecular weight excluding hydrogens is 486 g/mol. The lowest BCUT2D eigenvalue weighted by Gasteiger charge is -2.26. The quantitative estimate of drug-likeness (QED) is 0.218. The second kappa shape index (κ2) is 9.14. The molecule has 1 heterocycles. The van der Waals surface area contributed by atoms with Gasteiger partial charge in [-0.2, -0.15) is 0 Å². The molecule has 0 bridgehead atoms. The maximum absolute atomic E-state index is 6.15. The summed E-state index contributed by atoms with van der Waals surface area (Å²) in [4.78, 5) is 2.32. The number of furan rings is 1. The van der Waals surface area contributed by atoms with Crippen molar-refractivity contribution >= 4 is 60.5 Å². The van der Waals surface area contributed by atoms with Crippen LogP contribution in [0.25, 0.3) is 54.6 Å². The first-order valence-electron chi connectivity index (χ1n) is 13.6. The van der Waals surface area contributed by atoms with Crippen LogP contribution in [0.4, 0.5) is 17.1 Å². The van der Waals surface area contributed by atoms with E-state index in [9.17, 15) is 0 Å². The second-order valence-corrected chi connectivity index (χ2v) is 10.2. The number of fused-ring (bicyclic) bond motifs is 6. The summed E-state index contributed by atoms with van der Waals surface area (Å²) < 4.78 is 6.15. The summed E-state index contributed by atoms with van der Waals surface area (Å²) in [6.45, 7) is 0. The SMILES string of the molecule is c1ccc(-c2ccc(N(c3ccccc3)c3ccc4c(ccc5cc6oc7ccccc7c6cc54)c3)cc2)cc1. The van der Waals surface area contributed by atoms with Crippen LogP contribution >= 0.6 is 0 Å².